The van der Waals surface area contributed by atoms with Gasteiger partial charge in [0.05, 0.1) is 11.3 Å². The van der Waals surface area contributed by atoms with Gasteiger partial charge < -0.3 is 10.2 Å². The summed E-state index contributed by atoms with van der Waals surface area (Å²) < 4.78 is 0. The summed E-state index contributed by atoms with van der Waals surface area (Å²) in [7, 11) is 1.99. The molecule has 0 bridgehead atoms. The molecule has 1 aromatic carbocycles. The molecule has 1 fully saturated rings. The first-order valence-electron chi connectivity index (χ1n) is 6.33. The summed E-state index contributed by atoms with van der Waals surface area (Å²) >= 11 is 5.93. The zero-order valence-electron chi connectivity index (χ0n) is 10.6. The summed E-state index contributed by atoms with van der Waals surface area (Å²) in [5, 5.41) is 13.1. The van der Waals surface area contributed by atoms with Crippen LogP contribution in [-0.4, -0.2) is 26.7 Å². The number of piperidine rings is 1. The van der Waals surface area contributed by atoms with Crippen LogP contribution >= 0.6 is 11.6 Å². The summed E-state index contributed by atoms with van der Waals surface area (Å²) in [4.78, 5) is 2.31. The average molecular weight is 264 g/mol. The van der Waals surface area contributed by atoms with E-state index in [1.165, 1.54) is 12.8 Å². The van der Waals surface area contributed by atoms with E-state index in [-0.39, 0.29) is 0 Å². The minimum atomic E-state index is 0.624. The molecule has 1 N–H and O–H groups in total. The summed E-state index contributed by atoms with van der Waals surface area (Å²) in [6.45, 7) is 3.07. The van der Waals surface area contributed by atoms with E-state index in [9.17, 15) is 5.26 Å². The van der Waals surface area contributed by atoms with Crippen molar-refractivity contribution in [2.75, 3.05) is 31.6 Å². The minimum absolute atomic E-state index is 0.624. The Morgan fingerprint density at radius 1 is 1.56 bits per heavy atom. The molecule has 0 aromatic heterocycles. The molecule has 0 amide bonds. The largest absolute Gasteiger partial charge is 0.370 e. The number of halogens is 1. The molecule has 0 aliphatic carbocycles. The Hall–Kier alpha value is -1.24. The lowest BCUT2D eigenvalue weighted by Gasteiger charge is -2.34. The lowest BCUT2D eigenvalue weighted by Crippen LogP contribution is -2.39. The van der Waals surface area contributed by atoms with Gasteiger partial charge in [0, 0.05) is 18.1 Å². The van der Waals surface area contributed by atoms with E-state index in [1.54, 1.807) is 6.07 Å². The quantitative estimate of drug-likeness (QED) is 0.911. The molecule has 1 atom stereocenters. The molecule has 2 rings (SSSR count). The van der Waals surface area contributed by atoms with Crippen molar-refractivity contribution in [3.05, 3.63) is 28.8 Å². The Kier molecular flexibility index (Phi) is 4.46. The number of hydrogen-bond acceptors (Lipinski definition) is 3. The van der Waals surface area contributed by atoms with Gasteiger partial charge in [-0.3, -0.25) is 0 Å². The lowest BCUT2D eigenvalue weighted by atomic mass is 9.97. The highest BCUT2D eigenvalue weighted by Gasteiger charge is 2.21. The molecular weight excluding hydrogens is 246 g/mol. The van der Waals surface area contributed by atoms with Crippen LogP contribution in [0.2, 0.25) is 5.02 Å². The predicted molar refractivity (Wildman–Crippen MR) is 75.0 cm³/mol. The molecule has 0 saturated carbocycles. The highest BCUT2D eigenvalue weighted by molar-refractivity contribution is 6.30. The van der Waals surface area contributed by atoms with Crippen LogP contribution in [0.4, 0.5) is 5.69 Å². The highest BCUT2D eigenvalue weighted by atomic mass is 35.5. The molecule has 96 valence electrons. The fourth-order valence-electron chi connectivity index (χ4n) is 2.61. The van der Waals surface area contributed by atoms with Crippen molar-refractivity contribution >= 4 is 17.3 Å². The van der Waals surface area contributed by atoms with Gasteiger partial charge in [-0.1, -0.05) is 11.6 Å². The van der Waals surface area contributed by atoms with E-state index >= 15 is 0 Å². The molecule has 4 heteroatoms. The number of benzene rings is 1. The maximum absolute atomic E-state index is 9.20. The van der Waals surface area contributed by atoms with Crippen LogP contribution < -0.4 is 10.2 Å². The van der Waals surface area contributed by atoms with Gasteiger partial charge in [0.2, 0.25) is 0 Å². The Balaban J connectivity index is 2.18. The second kappa shape index (κ2) is 6.08. The molecule has 1 saturated heterocycles. The number of anilines is 1. The van der Waals surface area contributed by atoms with Crippen LogP contribution in [0.15, 0.2) is 18.2 Å². The third-order valence-corrected chi connectivity index (χ3v) is 3.67. The van der Waals surface area contributed by atoms with Crippen molar-refractivity contribution in [2.24, 2.45) is 5.92 Å². The third kappa shape index (κ3) is 2.95. The van der Waals surface area contributed by atoms with Crippen LogP contribution in [0, 0.1) is 17.2 Å². The first-order chi connectivity index (χ1) is 8.74. The summed E-state index contributed by atoms with van der Waals surface area (Å²) in [5.74, 6) is 0.658. The van der Waals surface area contributed by atoms with Crippen molar-refractivity contribution < 1.29 is 0 Å². The van der Waals surface area contributed by atoms with E-state index in [4.69, 9.17) is 11.6 Å². The normalized spacial score (nSPS) is 19.6. The Bertz CT molecular complexity index is 451. The van der Waals surface area contributed by atoms with Gasteiger partial charge in [-0.05, 0) is 50.6 Å². The van der Waals surface area contributed by atoms with Crippen LogP contribution in [0.25, 0.3) is 0 Å². The van der Waals surface area contributed by atoms with Crippen LogP contribution in [0.3, 0.4) is 0 Å². The van der Waals surface area contributed by atoms with Gasteiger partial charge in [-0.2, -0.15) is 5.26 Å². The molecular formula is C14H18ClN3. The predicted octanol–water partition coefficient (Wildman–Crippen LogP) is 2.65. The first kappa shape index (κ1) is 13.2. The zero-order chi connectivity index (χ0) is 13.0. The van der Waals surface area contributed by atoms with Crippen molar-refractivity contribution in [3.63, 3.8) is 0 Å². The summed E-state index contributed by atoms with van der Waals surface area (Å²) in [6.07, 6.45) is 2.44. The highest BCUT2D eigenvalue weighted by Crippen LogP contribution is 2.28. The van der Waals surface area contributed by atoms with Gasteiger partial charge in [-0.25, -0.2) is 0 Å². The van der Waals surface area contributed by atoms with Gasteiger partial charge in [0.25, 0.3) is 0 Å². The molecule has 0 spiro atoms. The minimum Gasteiger partial charge on any atom is -0.370 e. The number of rotatable bonds is 3. The molecule has 3 nitrogen and oxygen atoms in total. The molecule has 1 heterocycles. The molecule has 0 radical (unpaired) electrons. The fourth-order valence-corrected chi connectivity index (χ4v) is 2.78. The van der Waals surface area contributed by atoms with Crippen molar-refractivity contribution in [3.8, 4) is 6.07 Å². The van der Waals surface area contributed by atoms with Crippen LogP contribution in [0.5, 0.6) is 0 Å². The Morgan fingerprint density at radius 3 is 3.11 bits per heavy atom. The number of nitriles is 1. The Labute approximate surface area is 113 Å². The van der Waals surface area contributed by atoms with Gasteiger partial charge >= 0.3 is 0 Å². The van der Waals surface area contributed by atoms with E-state index in [0.717, 1.165) is 25.3 Å². The molecule has 18 heavy (non-hydrogen) atoms. The van der Waals surface area contributed by atoms with E-state index in [1.807, 2.05) is 19.2 Å². The van der Waals surface area contributed by atoms with Crippen molar-refractivity contribution in [2.45, 2.75) is 12.8 Å². The molecule has 1 aromatic rings. The van der Waals surface area contributed by atoms with Crippen molar-refractivity contribution in [1.82, 2.24) is 5.32 Å². The zero-order valence-corrected chi connectivity index (χ0v) is 11.4. The van der Waals surface area contributed by atoms with Gasteiger partial charge in [0.1, 0.15) is 6.07 Å². The first-order valence-corrected chi connectivity index (χ1v) is 6.71. The number of nitrogens with zero attached hydrogens (tertiary/aromatic N) is 2. The van der Waals surface area contributed by atoms with Gasteiger partial charge in [0.15, 0.2) is 0 Å². The maximum Gasteiger partial charge on any atom is 0.101 e. The Morgan fingerprint density at radius 2 is 2.39 bits per heavy atom. The van der Waals surface area contributed by atoms with Crippen LogP contribution in [0.1, 0.15) is 18.4 Å². The van der Waals surface area contributed by atoms with E-state index in [0.29, 0.717) is 16.5 Å². The monoisotopic (exact) mass is 263 g/mol. The third-order valence-electron chi connectivity index (χ3n) is 3.43. The SMILES string of the molecule is CNCC1CCCN(c2ccc(Cl)cc2C#N)C1. The van der Waals surface area contributed by atoms with E-state index < -0.39 is 0 Å². The van der Waals surface area contributed by atoms with Crippen molar-refractivity contribution in [1.29, 1.82) is 5.26 Å². The fraction of sp³-hybridized carbons (Fsp3) is 0.500. The second-order valence-electron chi connectivity index (χ2n) is 4.79. The van der Waals surface area contributed by atoms with Gasteiger partial charge in [-0.15, -0.1) is 0 Å². The molecule has 1 aliphatic heterocycles. The topological polar surface area (TPSA) is 39.1 Å². The average Bonchev–Trinajstić information content (AvgIpc) is 2.39. The second-order valence-corrected chi connectivity index (χ2v) is 5.22. The van der Waals surface area contributed by atoms with E-state index in [2.05, 4.69) is 16.3 Å². The molecule has 1 aliphatic rings. The molecule has 1 unspecified atom stereocenters. The van der Waals surface area contributed by atoms with Crippen LogP contribution in [-0.2, 0) is 0 Å². The summed E-state index contributed by atoms with van der Waals surface area (Å²) in [6, 6.07) is 7.81. The maximum atomic E-state index is 9.20. The number of hydrogen-bond donors (Lipinski definition) is 1. The summed E-state index contributed by atoms with van der Waals surface area (Å²) in [5.41, 5.74) is 1.69. The number of nitrogens with one attached hydrogen (secondary N) is 1. The smallest absolute Gasteiger partial charge is 0.101 e. The standard InChI is InChI=1S/C14H18ClN3/c1-17-9-11-3-2-6-18(10-11)14-5-4-13(15)7-12(14)8-16/h4-5,7,11,17H,2-3,6,9-10H2,1H3. The lowest BCUT2D eigenvalue weighted by molar-refractivity contribution is 0.403.